The van der Waals surface area contributed by atoms with E-state index in [0.717, 1.165) is 51.6 Å². The maximum atomic E-state index is 12.1. The number of aromatic hydroxyl groups is 1. The van der Waals surface area contributed by atoms with Gasteiger partial charge in [-0.1, -0.05) is 0 Å². The van der Waals surface area contributed by atoms with Gasteiger partial charge in [0.05, 0.1) is 13.2 Å². The Labute approximate surface area is 167 Å². The van der Waals surface area contributed by atoms with Gasteiger partial charge in [0.25, 0.3) is 5.91 Å². The molecule has 2 aliphatic heterocycles. The molecule has 0 aromatic heterocycles. The van der Waals surface area contributed by atoms with Crippen LogP contribution < -0.4 is 10.6 Å². The van der Waals surface area contributed by atoms with Gasteiger partial charge in [-0.05, 0) is 56.9 Å². The van der Waals surface area contributed by atoms with Crippen molar-refractivity contribution in [3.8, 4) is 5.75 Å². The van der Waals surface area contributed by atoms with Gasteiger partial charge in [-0.3, -0.25) is 9.79 Å². The molecular weight excluding hydrogens is 356 g/mol. The van der Waals surface area contributed by atoms with Gasteiger partial charge in [-0.25, -0.2) is 0 Å². The smallest absolute Gasteiger partial charge is 0.251 e. The fourth-order valence-electron chi connectivity index (χ4n) is 4.09. The Morgan fingerprint density at radius 1 is 1.25 bits per heavy atom. The Morgan fingerprint density at radius 3 is 2.75 bits per heavy atom. The predicted molar refractivity (Wildman–Crippen MR) is 110 cm³/mol. The molecule has 28 heavy (non-hydrogen) atoms. The van der Waals surface area contributed by atoms with Crippen LogP contribution in [0.1, 0.15) is 43.0 Å². The molecule has 2 heterocycles. The molecule has 0 saturated carbocycles. The number of phenols is 1. The number of nitrogens with zero attached hydrogens (tertiary/aromatic N) is 2. The zero-order valence-electron chi connectivity index (χ0n) is 16.7. The lowest BCUT2D eigenvalue weighted by molar-refractivity contribution is -0.0370. The van der Waals surface area contributed by atoms with E-state index in [-0.39, 0.29) is 17.1 Å². The van der Waals surface area contributed by atoms with Crippen molar-refractivity contribution >= 4 is 11.9 Å². The first-order chi connectivity index (χ1) is 13.6. The third-order valence-electron chi connectivity index (χ3n) is 5.49. The quantitative estimate of drug-likeness (QED) is 0.408. The molecule has 0 radical (unpaired) electrons. The standard InChI is InChI=1S/C21H32N4O3/c1-2-22-20(25-13-3-9-21(15-25)10-4-14-28-16-21)24-12-11-23-19(27)17-5-7-18(26)8-6-17/h5-8,26H,2-4,9-16H2,1H3,(H,22,24)(H,23,27). The van der Waals surface area contributed by atoms with E-state index in [2.05, 4.69) is 22.5 Å². The fourth-order valence-corrected chi connectivity index (χ4v) is 4.09. The number of hydrogen-bond donors (Lipinski definition) is 3. The third kappa shape index (κ3) is 5.38. The molecule has 154 valence electrons. The maximum absolute atomic E-state index is 12.1. The number of rotatable bonds is 5. The Morgan fingerprint density at radius 2 is 2.04 bits per heavy atom. The normalized spacial score (nSPS) is 22.9. The Bertz CT molecular complexity index is 663. The number of likely N-dealkylation sites (tertiary alicyclic amines) is 1. The van der Waals surface area contributed by atoms with Gasteiger partial charge in [0.1, 0.15) is 5.75 Å². The molecule has 2 saturated heterocycles. The highest BCUT2D eigenvalue weighted by atomic mass is 16.5. The minimum atomic E-state index is -0.156. The molecule has 0 aliphatic carbocycles. The summed E-state index contributed by atoms with van der Waals surface area (Å²) in [4.78, 5) is 19.2. The Balaban J connectivity index is 1.53. The van der Waals surface area contributed by atoms with E-state index < -0.39 is 0 Å². The Kier molecular flexibility index (Phi) is 7.14. The van der Waals surface area contributed by atoms with Crippen LogP contribution >= 0.6 is 0 Å². The van der Waals surface area contributed by atoms with Crippen LogP contribution in [0.25, 0.3) is 0 Å². The SMILES string of the molecule is CCNC(=NCCNC(=O)c1ccc(O)cc1)N1CCCC2(CCCOC2)C1. The average molecular weight is 389 g/mol. The fraction of sp³-hybridized carbons (Fsp3) is 0.619. The summed E-state index contributed by atoms with van der Waals surface area (Å²) in [5.74, 6) is 0.918. The van der Waals surface area contributed by atoms with E-state index >= 15 is 0 Å². The molecule has 1 aromatic carbocycles. The molecular formula is C21H32N4O3. The van der Waals surface area contributed by atoms with Crippen LogP contribution in [0.5, 0.6) is 5.75 Å². The molecule has 3 N–H and O–H groups in total. The molecule has 0 bridgehead atoms. The van der Waals surface area contributed by atoms with Gasteiger partial charge in [0.15, 0.2) is 5.96 Å². The molecule has 1 aromatic rings. The van der Waals surface area contributed by atoms with E-state index in [1.54, 1.807) is 12.1 Å². The van der Waals surface area contributed by atoms with E-state index in [0.29, 0.717) is 18.7 Å². The van der Waals surface area contributed by atoms with E-state index in [1.165, 1.54) is 25.0 Å². The maximum Gasteiger partial charge on any atom is 0.251 e. The highest BCUT2D eigenvalue weighted by Crippen LogP contribution is 2.37. The van der Waals surface area contributed by atoms with Crippen LogP contribution in [-0.4, -0.2) is 67.8 Å². The van der Waals surface area contributed by atoms with Crippen LogP contribution in [0.3, 0.4) is 0 Å². The van der Waals surface area contributed by atoms with Crippen molar-refractivity contribution in [1.82, 2.24) is 15.5 Å². The van der Waals surface area contributed by atoms with E-state index in [1.807, 2.05) is 0 Å². The number of carbonyl (C=O) groups excluding carboxylic acids is 1. The van der Waals surface area contributed by atoms with Gasteiger partial charge >= 0.3 is 0 Å². The van der Waals surface area contributed by atoms with E-state index in [9.17, 15) is 9.90 Å². The molecule has 7 nitrogen and oxygen atoms in total. The van der Waals surface area contributed by atoms with Crippen molar-refractivity contribution in [2.24, 2.45) is 10.4 Å². The summed E-state index contributed by atoms with van der Waals surface area (Å²) in [6.07, 6.45) is 4.76. The van der Waals surface area contributed by atoms with Crippen molar-refractivity contribution in [3.05, 3.63) is 29.8 Å². The highest BCUT2D eigenvalue weighted by molar-refractivity contribution is 5.94. The van der Waals surface area contributed by atoms with Gasteiger partial charge in [0.2, 0.25) is 0 Å². The van der Waals surface area contributed by atoms with Gasteiger partial charge in [0, 0.05) is 43.8 Å². The van der Waals surface area contributed by atoms with Gasteiger partial charge < -0.3 is 25.4 Å². The number of piperidine rings is 1. The first-order valence-corrected chi connectivity index (χ1v) is 10.3. The lowest BCUT2D eigenvalue weighted by Crippen LogP contribution is -2.53. The number of benzene rings is 1. The van der Waals surface area contributed by atoms with Crippen molar-refractivity contribution in [3.63, 3.8) is 0 Å². The van der Waals surface area contributed by atoms with Crippen molar-refractivity contribution in [2.75, 3.05) is 45.9 Å². The lowest BCUT2D eigenvalue weighted by atomic mass is 9.76. The lowest BCUT2D eigenvalue weighted by Gasteiger charge is -2.45. The average Bonchev–Trinajstić information content (AvgIpc) is 2.71. The molecule has 1 unspecified atom stereocenters. The summed E-state index contributed by atoms with van der Waals surface area (Å²) in [6.45, 7) is 7.61. The van der Waals surface area contributed by atoms with Crippen molar-refractivity contribution < 1.29 is 14.6 Å². The minimum absolute atomic E-state index is 0.152. The van der Waals surface area contributed by atoms with Crippen molar-refractivity contribution in [2.45, 2.75) is 32.6 Å². The number of amides is 1. The molecule has 7 heteroatoms. The number of aliphatic imine (C=N–C) groups is 1. The summed E-state index contributed by atoms with van der Waals surface area (Å²) in [5.41, 5.74) is 0.795. The number of guanidine groups is 1. The first-order valence-electron chi connectivity index (χ1n) is 10.3. The highest BCUT2D eigenvalue weighted by Gasteiger charge is 2.38. The largest absolute Gasteiger partial charge is 0.508 e. The summed E-state index contributed by atoms with van der Waals surface area (Å²) < 4.78 is 5.78. The first kappa shape index (κ1) is 20.5. The number of phenolic OH excluding ortho intramolecular Hbond substituents is 1. The zero-order valence-corrected chi connectivity index (χ0v) is 16.7. The zero-order chi connectivity index (χ0) is 19.8. The Hall–Kier alpha value is -2.28. The van der Waals surface area contributed by atoms with Crippen LogP contribution in [0.2, 0.25) is 0 Å². The van der Waals surface area contributed by atoms with Crippen molar-refractivity contribution in [1.29, 1.82) is 0 Å². The van der Waals surface area contributed by atoms with Crippen LogP contribution in [0, 0.1) is 5.41 Å². The molecule has 2 aliphatic rings. The number of hydrogen-bond acceptors (Lipinski definition) is 4. The summed E-state index contributed by atoms with van der Waals surface area (Å²) in [6, 6.07) is 6.24. The second-order valence-electron chi connectivity index (χ2n) is 7.72. The second-order valence-corrected chi connectivity index (χ2v) is 7.72. The topological polar surface area (TPSA) is 86.2 Å². The van der Waals surface area contributed by atoms with Crippen LogP contribution in [0.15, 0.2) is 29.3 Å². The molecule has 2 fully saturated rings. The van der Waals surface area contributed by atoms with E-state index in [4.69, 9.17) is 9.73 Å². The van der Waals surface area contributed by atoms with Crippen LogP contribution in [0.4, 0.5) is 0 Å². The summed E-state index contributed by atoms with van der Waals surface area (Å²) in [7, 11) is 0. The number of ether oxygens (including phenoxy) is 1. The third-order valence-corrected chi connectivity index (χ3v) is 5.49. The molecule has 1 atom stereocenters. The monoisotopic (exact) mass is 388 g/mol. The molecule has 1 spiro atoms. The number of carbonyl (C=O) groups is 1. The predicted octanol–water partition coefficient (Wildman–Crippen LogP) is 1.98. The van der Waals surface area contributed by atoms with Crippen LogP contribution in [-0.2, 0) is 4.74 Å². The summed E-state index contributed by atoms with van der Waals surface area (Å²) >= 11 is 0. The summed E-state index contributed by atoms with van der Waals surface area (Å²) in [5, 5.41) is 15.6. The minimum Gasteiger partial charge on any atom is -0.508 e. The number of nitrogens with one attached hydrogen (secondary N) is 2. The van der Waals surface area contributed by atoms with Gasteiger partial charge in [-0.15, -0.1) is 0 Å². The second kappa shape index (κ2) is 9.78. The molecule has 3 rings (SSSR count). The molecule has 1 amide bonds. The van der Waals surface area contributed by atoms with Gasteiger partial charge in [-0.2, -0.15) is 0 Å².